The van der Waals surface area contributed by atoms with Crippen LogP contribution in [0.3, 0.4) is 0 Å². The molecule has 2 heterocycles. The van der Waals surface area contributed by atoms with Gasteiger partial charge in [-0.15, -0.1) is 11.3 Å². The van der Waals surface area contributed by atoms with Gasteiger partial charge in [0.1, 0.15) is 0 Å². The number of ether oxygens (including phenoxy) is 1. The van der Waals surface area contributed by atoms with E-state index in [0.717, 1.165) is 23.4 Å². The van der Waals surface area contributed by atoms with Crippen molar-refractivity contribution in [1.29, 1.82) is 0 Å². The summed E-state index contributed by atoms with van der Waals surface area (Å²) in [6, 6.07) is 3.72. The van der Waals surface area contributed by atoms with E-state index in [9.17, 15) is 5.11 Å². The van der Waals surface area contributed by atoms with Crippen LogP contribution in [0.5, 0.6) is 5.88 Å². The predicted octanol–water partition coefficient (Wildman–Crippen LogP) is 3.08. The lowest BCUT2D eigenvalue weighted by atomic mass is 10.1. The van der Waals surface area contributed by atoms with Crippen LogP contribution in [0.4, 0.5) is 0 Å². The van der Waals surface area contributed by atoms with Crippen molar-refractivity contribution in [2.45, 2.75) is 39.7 Å². The molecule has 0 atom stereocenters. The zero-order valence-electron chi connectivity index (χ0n) is 12.1. The Kier molecular flexibility index (Phi) is 5.09. The first-order chi connectivity index (χ1) is 9.60. The van der Waals surface area contributed by atoms with Crippen molar-refractivity contribution in [3.8, 4) is 5.88 Å². The molecular weight excluding hydrogens is 272 g/mol. The van der Waals surface area contributed by atoms with Gasteiger partial charge in [-0.2, -0.15) is 0 Å². The van der Waals surface area contributed by atoms with Crippen molar-refractivity contribution in [1.82, 2.24) is 9.97 Å². The maximum atomic E-state index is 9.29. The van der Waals surface area contributed by atoms with E-state index in [4.69, 9.17) is 4.74 Å². The standard InChI is InChI=1S/C15H20N2O2S/c1-10(2)13-6-12(8-18)7-15(17-13)19-5-4-14-11(3)16-9-20-14/h6-7,9-10,18H,4-5,8H2,1-3H3. The van der Waals surface area contributed by atoms with E-state index in [0.29, 0.717) is 18.4 Å². The molecule has 4 nitrogen and oxygen atoms in total. The number of aliphatic hydroxyl groups is 1. The highest BCUT2D eigenvalue weighted by Crippen LogP contribution is 2.20. The van der Waals surface area contributed by atoms with Gasteiger partial charge in [0.2, 0.25) is 5.88 Å². The number of hydrogen-bond acceptors (Lipinski definition) is 5. The van der Waals surface area contributed by atoms with Crippen molar-refractivity contribution >= 4 is 11.3 Å². The maximum absolute atomic E-state index is 9.29. The monoisotopic (exact) mass is 292 g/mol. The summed E-state index contributed by atoms with van der Waals surface area (Å²) in [5.41, 5.74) is 4.71. The highest BCUT2D eigenvalue weighted by molar-refractivity contribution is 7.09. The zero-order chi connectivity index (χ0) is 14.5. The first kappa shape index (κ1) is 14.9. The van der Waals surface area contributed by atoms with Crippen molar-refractivity contribution in [3.05, 3.63) is 39.5 Å². The largest absolute Gasteiger partial charge is 0.477 e. The lowest BCUT2D eigenvalue weighted by Gasteiger charge is -2.11. The van der Waals surface area contributed by atoms with Crippen molar-refractivity contribution in [3.63, 3.8) is 0 Å². The molecule has 2 aromatic heterocycles. The minimum Gasteiger partial charge on any atom is -0.477 e. The minimum absolute atomic E-state index is 0.00650. The van der Waals surface area contributed by atoms with Crippen molar-refractivity contribution < 1.29 is 9.84 Å². The van der Waals surface area contributed by atoms with Gasteiger partial charge in [-0.05, 0) is 24.5 Å². The molecule has 0 spiro atoms. The third kappa shape index (κ3) is 3.77. The summed E-state index contributed by atoms with van der Waals surface area (Å²) >= 11 is 1.65. The van der Waals surface area contributed by atoms with Crippen LogP contribution in [-0.2, 0) is 13.0 Å². The Labute approximate surface area is 123 Å². The maximum Gasteiger partial charge on any atom is 0.213 e. The molecule has 0 amide bonds. The van der Waals surface area contributed by atoms with Gasteiger partial charge in [0.05, 0.1) is 24.4 Å². The van der Waals surface area contributed by atoms with Crippen LogP contribution in [0.2, 0.25) is 0 Å². The van der Waals surface area contributed by atoms with Crippen LogP contribution >= 0.6 is 11.3 Å². The average molecular weight is 292 g/mol. The third-order valence-corrected chi connectivity index (χ3v) is 4.07. The first-order valence-electron chi connectivity index (χ1n) is 6.73. The molecule has 0 bridgehead atoms. The van der Waals surface area contributed by atoms with Gasteiger partial charge in [-0.25, -0.2) is 9.97 Å². The predicted molar refractivity (Wildman–Crippen MR) is 80.3 cm³/mol. The summed E-state index contributed by atoms with van der Waals surface area (Å²) in [5.74, 6) is 0.898. The lowest BCUT2D eigenvalue weighted by molar-refractivity contribution is 0.277. The van der Waals surface area contributed by atoms with Crippen LogP contribution < -0.4 is 4.74 Å². The zero-order valence-corrected chi connectivity index (χ0v) is 12.9. The van der Waals surface area contributed by atoms with E-state index in [1.54, 1.807) is 17.4 Å². The molecule has 0 aliphatic carbocycles. The van der Waals surface area contributed by atoms with Gasteiger partial charge in [-0.3, -0.25) is 0 Å². The highest BCUT2D eigenvalue weighted by atomic mass is 32.1. The second kappa shape index (κ2) is 6.81. The molecule has 0 aliphatic heterocycles. The van der Waals surface area contributed by atoms with Gasteiger partial charge in [0.15, 0.2) is 0 Å². The number of rotatable bonds is 6. The van der Waals surface area contributed by atoms with E-state index in [1.165, 1.54) is 4.88 Å². The lowest BCUT2D eigenvalue weighted by Crippen LogP contribution is -2.05. The van der Waals surface area contributed by atoms with Gasteiger partial charge >= 0.3 is 0 Å². The molecule has 5 heteroatoms. The number of nitrogens with zero attached hydrogens (tertiary/aromatic N) is 2. The number of hydrogen-bond donors (Lipinski definition) is 1. The second-order valence-electron chi connectivity index (χ2n) is 5.01. The molecule has 0 fully saturated rings. The first-order valence-corrected chi connectivity index (χ1v) is 7.61. The average Bonchev–Trinajstić information content (AvgIpc) is 2.84. The second-order valence-corrected chi connectivity index (χ2v) is 5.95. The molecule has 0 aliphatic rings. The van der Waals surface area contributed by atoms with Gasteiger partial charge < -0.3 is 9.84 Å². The Morgan fingerprint density at radius 3 is 2.75 bits per heavy atom. The normalized spacial score (nSPS) is 11.1. The molecule has 20 heavy (non-hydrogen) atoms. The molecule has 0 radical (unpaired) electrons. The fourth-order valence-corrected chi connectivity index (χ4v) is 2.62. The molecule has 0 aromatic carbocycles. The van der Waals surface area contributed by atoms with E-state index in [2.05, 4.69) is 23.8 Å². The number of aryl methyl sites for hydroxylation is 1. The molecular formula is C15H20N2O2S. The summed E-state index contributed by atoms with van der Waals surface area (Å²) in [4.78, 5) is 9.94. The fourth-order valence-electron chi connectivity index (χ4n) is 1.86. The third-order valence-electron chi connectivity index (χ3n) is 3.08. The topological polar surface area (TPSA) is 55.2 Å². The molecule has 2 aromatic rings. The van der Waals surface area contributed by atoms with E-state index < -0.39 is 0 Å². The Balaban J connectivity index is 2.01. The number of aliphatic hydroxyl groups excluding tert-OH is 1. The van der Waals surface area contributed by atoms with Crippen LogP contribution in [-0.4, -0.2) is 21.7 Å². The number of pyridine rings is 1. The Morgan fingerprint density at radius 2 is 2.15 bits per heavy atom. The number of thiazole rings is 1. The van der Waals surface area contributed by atoms with Crippen LogP contribution in [0.15, 0.2) is 17.6 Å². The molecule has 0 unspecified atom stereocenters. The van der Waals surface area contributed by atoms with Crippen LogP contribution in [0.1, 0.15) is 41.6 Å². The molecule has 2 rings (SSSR count). The molecule has 108 valence electrons. The minimum atomic E-state index is 0.00650. The van der Waals surface area contributed by atoms with Crippen molar-refractivity contribution in [2.24, 2.45) is 0 Å². The van der Waals surface area contributed by atoms with E-state index in [-0.39, 0.29) is 6.61 Å². The smallest absolute Gasteiger partial charge is 0.213 e. The molecule has 1 N–H and O–H groups in total. The summed E-state index contributed by atoms with van der Waals surface area (Å²) < 4.78 is 5.72. The van der Waals surface area contributed by atoms with Crippen LogP contribution in [0, 0.1) is 6.92 Å². The van der Waals surface area contributed by atoms with E-state index in [1.807, 2.05) is 18.5 Å². The number of aromatic nitrogens is 2. The van der Waals surface area contributed by atoms with Crippen molar-refractivity contribution in [2.75, 3.05) is 6.61 Å². The van der Waals surface area contributed by atoms with Crippen LogP contribution in [0.25, 0.3) is 0 Å². The quantitative estimate of drug-likeness (QED) is 0.889. The Bertz CT molecular complexity index is 567. The summed E-state index contributed by atoms with van der Waals surface area (Å²) in [7, 11) is 0. The van der Waals surface area contributed by atoms with E-state index >= 15 is 0 Å². The summed E-state index contributed by atoms with van der Waals surface area (Å²) in [5, 5.41) is 9.29. The van der Waals surface area contributed by atoms with Gasteiger partial charge in [-0.1, -0.05) is 13.8 Å². The SMILES string of the molecule is Cc1ncsc1CCOc1cc(CO)cc(C(C)C)n1. The summed E-state index contributed by atoms with van der Waals surface area (Å²) in [6.45, 7) is 6.74. The molecule has 0 saturated heterocycles. The highest BCUT2D eigenvalue weighted by Gasteiger charge is 2.08. The summed E-state index contributed by atoms with van der Waals surface area (Å²) in [6.07, 6.45) is 0.832. The van der Waals surface area contributed by atoms with Gasteiger partial charge in [0, 0.05) is 23.1 Å². The van der Waals surface area contributed by atoms with Gasteiger partial charge in [0.25, 0.3) is 0 Å². The fraction of sp³-hybridized carbons (Fsp3) is 0.467. The molecule has 0 saturated carbocycles. The Morgan fingerprint density at radius 1 is 1.35 bits per heavy atom. The Hall–Kier alpha value is -1.46.